The number of rotatable bonds is 6. The van der Waals surface area contributed by atoms with Gasteiger partial charge in [0, 0.05) is 46.0 Å². The molecule has 0 N–H and O–H groups in total. The van der Waals surface area contributed by atoms with Gasteiger partial charge in [-0.1, -0.05) is 60.7 Å². The number of imidazole rings is 1. The molecule has 0 aliphatic carbocycles. The number of fused-ring (bicyclic) bond motifs is 1. The largest absolute Gasteiger partial charge is 0.369 e. The molecule has 0 saturated carbocycles. The van der Waals surface area contributed by atoms with Gasteiger partial charge in [0.1, 0.15) is 0 Å². The van der Waals surface area contributed by atoms with Crippen molar-refractivity contribution in [2.24, 2.45) is 0 Å². The summed E-state index contributed by atoms with van der Waals surface area (Å²) < 4.78 is 2.29. The Morgan fingerprint density at radius 1 is 0.882 bits per heavy atom. The first-order chi connectivity index (χ1) is 16.6. The molecular weight excluding hydrogens is 422 g/mol. The smallest absolute Gasteiger partial charge is 0.236 e. The number of carbonyl (C=O) groups excluding carboxylic acids is 1. The van der Waals surface area contributed by atoms with Crippen molar-refractivity contribution in [1.29, 1.82) is 0 Å². The van der Waals surface area contributed by atoms with Gasteiger partial charge in [-0.25, -0.2) is 4.98 Å². The van der Waals surface area contributed by atoms with Crippen LogP contribution in [0.3, 0.4) is 0 Å². The molecule has 0 spiro atoms. The Bertz CT molecular complexity index is 1200. The van der Waals surface area contributed by atoms with Crippen LogP contribution in [0, 0.1) is 0 Å². The second-order valence-electron chi connectivity index (χ2n) is 9.10. The summed E-state index contributed by atoms with van der Waals surface area (Å²) in [7, 11) is 3.63. The van der Waals surface area contributed by atoms with Gasteiger partial charge in [-0.3, -0.25) is 9.69 Å². The highest BCUT2D eigenvalue weighted by molar-refractivity contribution is 5.80. The van der Waals surface area contributed by atoms with E-state index in [2.05, 4.69) is 93.2 Å². The molecule has 1 aliphatic heterocycles. The molecule has 0 atom stereocenters. The Hall–Kier alpha value is -3.64. The van der Waals surface area contributed by atoms with E-state index in [0.29, 0.717) is 6.54 Å². The van der Waals surface area contributed by atoms with Gasteiger partial charge in [0.05, 0.1) is 29.9 Å². The van der Waals surface area contributed by atoms with E-state index >= 15 is 0 Å². The molecule has 6 heteroatoms. The fraction of sp³-hybridized carbons (Fsp3) is 0.286. The van der Waals surface area contributed by atoms with E-state index in [1.165, 1.54) is 16.8 Å². The Kier molecular flexibility index (Phi) is 6.32. The molecule has 34 heavy (non-hydrogen) atoms. The predicted molar refractivity (Wildman–Crippen MR) is 137 cm³/mol. The zero-order chi connectivity index (χ0) is 23.5. The van der Waals surface area contributed by atoms with Crippen LogP contribution < -0.4 is 4.90 Å². The second-order valence-corrected chi connectivity index (χ2v) is 9.10. The maximum Gasteiger partial charge on any atom is 0.236 e. The van der Waals surface area contributed by atoms with E-state index in [1.807, 2.05) is 20.4 Å². The molecule has 0 radical (unpaired) electrons. The van der Waals surface area contributed by atoms with Crippen molar-refractivity contribution in [3.63, 3.8) is 0 Å². The van der Waals surface area contributed by atoms with Crippen LogP contribution in [-0.4, -0.2) is 72.1 Å². The molecule has 174 valence electrons. The highest BCUT2D eigenvalue weighted by atomic mass is 16.2. The lowest BCUT2D eigenvalue weighted by atomic mass is 9.98. The molecule has 3 aromatic carbocycles. The number of anilines is 1. The van der Waals surface area contributed by atoms with Gasteiger partial charge in [-0.2, -0.15) is 0 Å². The number of benzene rings is 3. The lowest BCUT2D eigenvalue weighted by Crippen LogP contribution is -2.49. The van der Waals surface area contributed by atoms with E-state index in [1.54, 1.807) is 4.90 Å². The quantitative estimate of drug-likeness (QED) is 0.444. The highest BCUT2D eigenvalue weighted by Gasteiger charge is 2.22. The molecule has 1 aliphatic rings. The lowest BCUT2D eigenvalue weighted by Gasteiger charge is -2.36. The number of hydrogen-bond acceptors (Lipinski definition) is 4. The van der Waals surface area contributed by atoms with Crippen molar-refractivity contribution in [1.82, 2.24) is 19.4 Å². The second kappa shape index (κ2) is 9.69. The summed E-state index contributed by atoms with van der Waals surface area (Å²) in [6.07, 6.45) is 1.96. The molecule has 0 bridgehead atoms. The van der Waals surface area contributed by atoms with Crippen LogP contribution in [-0.2, 0) is 4.79 Å². The SMILES string of the molecule is CN(C)C(=O)CN1CCN(c2ccc3ncn(C(c4ccccc4)c4ccccc4)c3c2)CC1. The molecule has 1 aromatic heterocycles. The zero-order valence-electron chi connectivity index (χ0n) is 19.8. The minimum Gasteiger partial charge on any atom is -0.369 e. The van der Waals surface area contributed by atoms with Crippen LogP contribution in [0.2, 0.25) is 0 Å². The van der Waals surface area contributed by atoms with Gasteiger partial charge in [0.15, 0.2) is 0 Å². The topological polar surface area (TPSA) is 44.6 Å². The summed E-state index contributed by atoms with van der Waals surface area (Å²) in [5.41, 5.74) is 5.79. The number of nitrogens with zero attached hydrogens (tertiary/aromatic N) is 5. The van der Waals surface area contributed by atoms with Crippen molar-refractivity contribution < 1.29 is 4.79 Å². The molecular formula is C28H31N5O. The number of amides is 1. The Labute approximate surface area is 201 Å². The van der Waals surface area contributed by atoms with Gasteiger partial charge in [-0.05, 0) is 29.3 Å². The first-order valence-electron chi connectivity index (χ1n) is 11.8. The van der Waals surface area contributed by atoms with Crippen molar-refractivity contribution >= 4 is 22.6 Å². The number of carbonyl (C=O) groups is 1. The third-order valence-electron chi connectivity index (χ3n) is 6.66. The first kappa shape index (κ1) is 22.2. The molecule has 4 aromatic rings. The van der Waals surface area contributed by atoms with Gasteiger partial charge < -0.3 is 14.4 Å². The van der Waals surface area contributed by atoms with E-state index < -0.39 is 0 Å². The first-order valence-corrected chi connectivity index (χ1v) is 11.8. The van der Waals surface area contributed by atoms with Crippen molar-refractivity contribution in [3.05, 3.63) is 96.3 Å². The Balaban J connectivity index is 1.44. The van der Waals surface area contributed by atoms with Gasteiger partial charge in [0.25, 0.3) is 0 Å². The third kappa shape index (κ3) is 4.54. The van der Waals surface area contributed by atoms with Gasteiger partial charge in [-0.15, -0.1) is 0 Å². The summed E-state index contributed by atoms with van der Waals surface area (Å²) in [6, 6.07) is 27.8. The van der Waals surface area contributed by atoms with Crippen LogP contribution in [0.25, 0.3) is 11.0 Å². The monoisotopic (exact) mass is 453 g/mol. The van der Waals surface area contributed by atoms with Crippen LogP contribution in [0.15, 0.2) is 85.2 Å². The predicted octanol–water partition coefficient (Wildman–Crippen LogP) is 3.88. The average Bonchev–Trinajstić information content (AvgIpc) is 3.29. The van der Waals surface area contributed by atoms with Crippen molar-refractivity contribution in [3.8, 4) is 0 Å². The van der Waals surface area contributed by atoms with Crippen LogP contribution in [0.5, 0.6) is 0 Å². The summed E-state index contributed by atoms with van der Waals surface area (Å²) in [4.78, 5) is 23.1. The summed E-state index contributed by atoms with van der Waals surface area (Å²) >= 11 is 0. The van der Waals surface area contributed by atoms with E-state index in [-0.39, 0.29) is 11.9 Å². The number of aromatic nitrogens is 2. The molecule has 0 unspecified atom stereocenters. The maximum absolute atomic E-state index is 12.1. The molecule has 5 rings (SSSR count). The van der Waals surface area contributed by atoms with E-state index in [9.17, 15) is 4.79 Å². The molecule has 1 amide bonds. The van der Waals surface area contributed by atoms with Crippen LogP contribution in [0.1, 0.15) is 17.2 Å². The fourth-order valence-electron chi connectivity index (χ4n) is 4.70. The average molecular weight is 454 g/mol. The van der Waals surface area contributed by atoms with Gasteiger partial charge >= 0.3 is 0 Å². The normalized spacial score (nSPS) is 14.6. The minimum atomic E-state index is 0.0524. The summed E-state index contributed by atoms with van der Waals surface area (Å²) in [5.74, 6) is 0.159. The van der Waals surface area contributed by atoms with Crippen molar-refractivity contribution in [2.45, 2.75) is 6.04 Å². The Morgan fingerprint density at radius 2 is 1.50 bits per heavy atom. The van der Waals surface area contributed by atoms with E-state index in [4.69, 9.17) is 4.98 Å². The standard InChI is InChI=1S/C28H31N5O/c1-30(2)27(34)20-31-15-17-32(18-16-31)24-13-14-25-26(19-24)33(21-29-25)28(22-9-5-3-6-10-22)23-11-7-4-8-12-23/h3-14,19,21,28H,15-18,20H2,1-2H3. The minimum absolute atomic E-state index is 0.0524. The van der Waals surface area contributed by atoms with Crippen LogP contribution in [0.4, 0.5) is 5.69 Å². The maximum atomic E-state index is 12.1. The van der Waals surface area contributed by atoms with E-state index in [0.717, 1.165) is 37.2 Å². The Morgan fingerprint density at radius 3 is 2.09 bits per heavy atom. The fourth-order valence-corrected chi connectivity index (χ4v) is 4.70. The molecule has 2 heterocycles. The zero-order valence-corrected chi connectivity index (χ0v) is 19.8. The molecule has 6 nitrogen and oxygen atoms in total. The van der Waals surface area contributed by atoms with Crippen molar-refractivity contribution in [2.75, 3.05) is 51.7 Å². The number of hydrogen-bond donors (Lipinski definition) is 0. The summed E-state index contributed by atoms with van der Waals surface area (Å²) in [6.45, 7) is 4.06. The number of piperazine rings is 1. The number of likely N-dealkylation sites (N-methyl/N-ethyl adjacent to an activating group) is 1. The van der Waals surface area contributed by atoms with Crippen LogP contribution >= 0.6 is 0 Å². The molecule has 1 saturated heterocycles. The lowest BCUT2D eigenvalue weighted by molar-refractivity contribution is -0.129. The van der Waals surface area contributed by atoms with Gasteiger partial charge in [0.2, 0.25) is 5.91 Å². The third-order valence-corrected chi connectivity index (χ3v) is 6.66. The summed E-state index contributed by atoms with van der Waals surface area (Å²) in [5, 5.41) is 0. The molecule has 1 fully saturated rings. The highest BCUT2D eigenvalue weighted by Crippen LogP contribution is 2.31.